The number of ether oxygens (including phenoxy) is 1. The molecule has 2 aromatic rings. The lowest BCUT2D eigenvalue weighted by molar-refractivity contribution is 0.415. The van der Waals surface area contributed by atoms with Crippen molar-refractivity contribution in [2.24, 2.45) is 0 Å². The van der Waals surface area contributed by atoms with Crippen molar-refractivity contribution in [3.05, 3.63) is 45.6 Å². The quantitative estimate of drug-likeness (QED) is 0.882. The van der Waals surface area contributed by atoms with Crippen molar-refractivity contribution in [1.29, 1.82) is 0 Å². The summed E-state index contributed by atoms with van der Waals surface area (Å²) in [7, 11) is 1.69. The second-order valence-corrected chi connectivity index (χ2v) is 5.06. The summed E-state index contributed by atoms with van der Waals surface area (Å²) < 4.78 is 5.23. The van der Waals surface area contributed by atoms with Gasteiger partial charge in [-0.25, -0.2) is 0 Å². The summed E-state index contributed by atoms with van der Waals surface area (Å²) in [6, 6.07) is 8.25. The lowest BCUT2D eigenvalue weighted by atomic mass is 10.2. The molecule has 0 bridgehead atoms. The van der Waals surface area contributed by atoms with Crippen LogP contribution in [0.1, 0.15) is 16.0 Å². The predicted molar refractivity (Wildman–Crippen MR) is 74.1 cm³/mol. The molecule has 0 fully saturated rings. The Kier molecular flexibility index (Phi) is 3.69. The van der Waals surface area contributed by atoms with Gasteiger partial charge in [0.25, 0.3) is 0 Å². The largest absolute Gasteiger partial charge is 0.497 e. The maximum absolute atomic E-state index is 5.23. The Labute approximate surface area is 106 Å². The summed E-state index contributed by atoms with van der Waals surface area (Å²) in [5.41, 5.74) is 3.72. The molecular formula is C14H17NOS. The highest BCUT2D eigenvalue weighted by atomic mass is 32.1. The third-order valence-corrected chi connectivity index (χ3v) is 3.88. The molecule has 0 saturated carbocycles. The fraction of sp³-hybridized carbons (Fsp3) is 0.286. The van der Waals surface area contributed by atoms with Crippen LogP contribution >= 0.6 is 11.3 Å². The lowest BCUT2D eigenvalue weighted by Crippen LogP contribution is -2.00. The van der Waals surface area contributed by atoms with Crippen molar-refractivity contribution >= 4 is 17.0 Å². The summed E-state index contributed by atoms with van der Waals surface area (Å²) in [5, 5.41) is 5.59. The van der Waals surface area contributed by atoms with Gasteiger partial charge >= 0.3 is 0 Å². The van der Waals surface area contributed by atoms with Crippen LogP contribution in [0.3, 0.4) is 0 Å². The monoisotopic (exact) mass is 247 g/mol. The van der Waals surface area contributed by atoms with Crippen molar-refractivity contribution in [1.82, 2.24) is 0 Å². The number of benzene rings is 1. The van der Waals surface area contributed by atoms with Crippen LogP contribution in [0.2, 0.25) is 0 Å². The fourth-order valence-corrected chi connectivity index (χ4v) is 2.53. The Hall–Kier alpha value is -1.48. The highest BCUT2D eigenvalue weighted by Crippen LogP contribution is 2.23. The molecule has 1 aromatic carbocycles. The molecule has 0 aliphatic heterocycles. The van der Waals surface area contributed by atoms with Gasteiger partial charge in [0.15, 0.2) is 0 Å². The molecule has 0 radical (unpaired) electrons. The van der Waals surface area contributed by atoms with E-state index in [9.17, 15) is 0 Å². The first-order valence-electron chi connectivity index (χ1n) is 5.62. The zero-order valence-corrected chi connectivity index (χ0v) is 11.2. The number of hydrogen-bond acceptors (Lipinski definition) is 3. The molecule has 1 N–H and O–H groups in total. The minimum Gasteiger partial charge on any atom is -0.497 e. The first-order chi connectivity index (χ1) is 8.20. The van der Waals surface area contributed by atoms with Crippen LogP contribution in [-0.2, 0) is 6.54 Å². The van der Waals surface area contributed by atoms with Crippen LogP contribution in [-0.4, -0.2) is 7.11 Å². The number of aryl methyl sites for hydroxylation is 2. The first kappa shape index (κ1) is 12.0. The Morgan fingerprint density at radius 1 is 1.18 bits per heavy atom. The Bertz CT molecular complexity index is 505. The van der Waals surface area contributed by atoms with Gasteiger partial charge < -0.3 is 10.1 Å². The molecule has 3 heteroatoms. The number of hydrogen-bond donors (Lipinski definition) is 1. The van der Waals surface area contributed by atoms with Crippen LogP contribution in [0, 0.1) is 13.8 Å². The second kappa shape index (κ2) is 5.23. The zero-order valence-electron chi connectivity index (χ0n) is 10.4. The first-order valence-corrected chi connectivity index (χ1v) is 6.50. The van der Waals surface area contributed by atoms with Crippen LogP contribution in [0.4, 0.5) is 5.69 Å². The Balaban J connectivity index is 2.11. The lowest BCUT2D eigenvalue weighted by Gasteiger charge is -2.11. The molecule has 0 spiro atoms. The minimum absolute atomic E-state index is 0.873. The van der Waals surface area contributed by atoms with Crippen molar-refractivity contribution in [3.8, 4) is 5.75 Å². The molecule has 0 atom stereocenters. The third kappa shape index (κ3) is 2.80. The van der Waals surface area contributed by atoms with E-state index in [1.54, 1.807) is 18.4 Å². The average molecular weight is 247 g/mol. The summed E-state index contributed by atoms with van der Waals surface area (Å²) in [5.74, 6) is 0.890. The van der Waals surface area contributed by atoms with Crippen molar-refractivity contribution < 1.29 is 4.74 Å². The zero-order chi connectivity index (χ0) is 12.3. The van der Waals surface area contributed by atoms with E-state index in [1.807, 2.05) is 12.1 Å². The standard InChI is InChI=1S/C14H17NOS/c1-10-4-5-12(16-3)8-13(10)15-9-14-11(2)6-7-17-14/h4-8,15H,9H2,1-3H3. The highest BCUT2D eigenvalue weighted by molar-refractivity contribution is 7.10. The Morgan fingerprint density at radius 2 is 2.00 bits per heavy atom. The fourth-order valence-electron chi connectivity index (χ4n) is 1.68. The van der Waals surface area contributed by atoms with Gasteiger partial charge in [0.1, 0.15) is 5.75 Å². The number of rotatable bonds is 4. The predicted octanol–water partition coefficient (Wildman–Crippen LogP) is 3.99. The third-order valence-electron chi connectivity index (χ3n) is 2.85. The van der Waals surface area contributed by atoms with E-state index in [-0.39, 0.29) is 0 Å². The SMILES string of the molecule is COc1ccc(C)c(NCc2sccc2C)c1. The molecule has 1 heterocycles. The highest BCUT2D eigenvalue weighted by Gasteiger charge is 2.03. The molecule has 17 heavy (non-hydrogen) atoms. The van der Waals surface area contributed by atoms with Crippen LogP contribution < -0.4 is 10.1 Å². The molecular weight excluding hydrogens is 230 g/mol. The molecule has 2 nitrogen and oxygen atoms in total. The van der Waals surface area contributed by atoms with Crippen LogP contribution in [0.25, 0.3) is 0 Å². The van der Waals surface area contributed by atoms with Crippen molar-refractivity contribution in [2.45, 2.75) is 20.4 Å². The molecule has 0 aliphatic carbocycles. The van der Waals surface area contributed by atoms with Crippen LogP contribution in [0.5, 0.6) is 5.75 Å². The maximum atomic E-state index is 5.23. The topological polar surface area (TPSA) is 21.3 Å². The van der Waals surface area contributed by atoms with Crippen LogP contribution in [0.15, 0.2) is 29.6 Å². The van der Waals surface area contributed by atoms with Gasteiger partial charge in [-0.2, -0.15) is 0 Å². The molecule has 0 amide bonds. The summed E-state index contributed by atoms with van der Waals surface area (Å²) in [4.78, 5) is 1.38. The molecule has 2 rings (SSSR count). The Morgan fingerprint density at radius 3 is 2.65 bits per heavy atom. The summed E-state index contributed by atoms with van der Waals surface area (Å²) >= 11 is 1.79. The van der Waals surface area contributed by atoms with E-state index in [4.69, 9.17) is 4.74 Å². The van der Waals surface area contributed by atoms with Gasteiger partial charge in [-0.3, -0.25) is 0 Å². The number of nitrogens with one attached hydrogen (secondary N) is 1. The molecule has 90 valence electrons. The second-order valence-electron chi connectivity index (χ2n) is 4.06. The molecule has 1 aromatic heterocycles. The normalized spacial score (nSPS) is 10.3. The minimum atomic E-state index is 0.873. The van der Waals surface area contributed by atoms with Gasteiger partial charge in [-0.15, -0.1) is 11.3 Å². The van der Waals surface area contributed by atoms with Gasteiger partial charge in [-0.1, -0.05) is 6.07 Å². The molecule has 0 aliphatic rings. The number of methoxy groups -OCH3 is 1. The molecule has 0 unspecified atom stereocenters. The van der Waals surface area contributed by atoms with Gasteiger partial charge in [0, 0.05) is 23.2 Å². The molecule has 0 saturated heterocycles. The van der Waals surface area contributed by atoms with E-state index < -0.39 is 0 Å². The van der Waals surface area contributed by atoms with E-state index in [0.29, 0.717) is 0 Å². The van der Waals surface area contributed by atoms with Crippen molar-refractivity contribution in [2.75, 3.05) is 12.4 Å². The van der Waals surface area contributed by atoms with Gasteiger partial charge in [0.05, 0.1) is 7.11 Å². The van der Waals surface area contributed by atoms with Crippen molar-refractivity contribution in [3.63, 3.8) is 0 Å². The number of thiophene rings is 1. The van der Waals surface area contributed by atoms with E-state index >= 15 is 0 Å². The van der Waals surface area contributed by atoms with E-state index in [1.165, 1.54) is 16.0 Å². The smallest absolute Gasteiger partial charge is 0.120 e. The summed E-state index contributed by atoms with van der Waals surface area (Å²) in [6.07, 6.45) is 0. The van der Waals surface area contributed by atoms with E-state index in [0.717, 1.165) is 18.0 Å². The van der Waals surface area contributed by atoms with Gasteiger partial charge in [-0.05, 0) is 42.5 Å². The average Bonchev–Trinajstić information content (AvgIpc) is 2.74. The van der Waals surface area contributed by atoms with E-state index in [2.05, 4.69) is 36.7 Å². The summed E-state index contributed by atoms with van der Waals surface area (Å²) in [6.45, 7) is 5.12. The maximum Gasteiger partial charge on any atom is 0.120 e. The number of anilines is 1. The van der Waals surface area contributed by atoms with Gasteiger partial charge in [0.2, 0.25) is 0 Å².